The summed E-state index contributed by atoms with van der Waals surface area (Å²) in [4.78, 5) is 120. The van der Waals surface area contributed by atoms with Gasteiger partial charge in [0.15, 0.2) is 23.3 Å². The molecule has 6 aliphatic rings. The molecule has 0 bridgehead atoms. The van der Waals surface area contributed by atoms with Gasteiger partial charge in [-0.25, -0.2) is 18.4 Å². The van der Waals surface area contributed by atoms with Crippen molar-refractivity contribution in [1.29, 1.82) is 0 Å². The number of aliphatic hydroxyl groups excluding tert-OH is 1. The average Bonchev–Trinajstić information content (AvgIpc) is 1.54. The topological polar surface area (TPSA) is 349 Å². The number of aliphatic hydroxyl groups is 1. The number of rotatable bonds is 38. The van der Waals surface area contributed by atoms with Crippen molar-refractivity contribution in [2.24, 2.45) is 34.3 Å². The van der Waals surface area contributed by atoms with E-state index in [9.17, 15) is 48.3 Å². The number of nitrogens with zero attached hydrogens (tertiary/aromatic N) is 1. The molecule has 0 unspecified atom stereocenters. The molecular weight excluding hydrogens is 1410 g/mol. The zero-order valence-electron chi connectivity index (χ0n) is 62.3. The number of Topliss-reactive ketones (excluding diaryl/α,β-unsaturated/α-hetero) is 1. The van der Waals surface area contributed by atoms with Gasteiger partial charge in [0.05, 0.1) is 77.3 Å². The van der Waals surface area contributed by atoms with Gasteiger partial charge in [-0.3, -0.25) is 33.6 Å². The number of primary amides is 1. The molecule has 28 heteroatoms. The number of para-hydroxylation sites is 1. The molecule has 4 fully saturated rings. The molecule has 1 saturated heterocycles. The van der Waals surface area contributed by atoms with Crippen LogP contribution in [0.4, 0.5) is 29.7 Å². The van der Waals surface area contributed by atoms with Gasteiger partial charge in [0.25, 0.3) is 0 Å². The lowest BCUT2D eigenvalue weighted by Crippen LogP contribution is -2.71. The number of urea groups is 1. The molecular formula is C81H100F2N8O18. The minimum Gasteiger partial charge on any atom is -0.486 e. The summed E-state index contributed by atoms with van der Waals surface area (Å²) < 4.78 is 81.1. The van der Waals surface area contributed by atoms with Crippen LogP contribution in [-0.4, -0.2) is 179 Å². The lowest BCUT2D eigenvalue weighted by Gasteiger charge is -2.63. The molecule has 10 rings (SSSR count). The first-order valence-electron chi connectivity index (χ1n) is 37.4. The van der Waals surface area contributed by atoms with Crippen LogP contribution < -0.4 is 47.3 Å². The number of fused-ring (bicyclic) bond motifs is 9. The van der Waals surface area contributed by atoms with E-state index in [-0.39, 0.29) is 134 Å². The van der Waals surface area contributed by atoms with Crippen LogP contribution in [0, 0.1) is 40.4 Å². The average molecular weight is 1510 g/mol. The van der Waals surface area contributed by atoms with E-state index in [1.54, 1.807) is 74.2 Å². The molecule has 3 saturated carbocycles. The molecule has 2 aliphatic heterocycles. The zero-order valence-corrected chi connectivity index (χ0v) is 62.3. The van der Waals surface area contributed by atoms with Crippen molar-refractivity contribution < 1.29 is 94.9 Å². The quantitative estimate of drug-likeness (QED) is 0.0158. The molecule has 0 aromatic heterocycles. The van der Waals surface area contributed by atoms with E-state index in [0.29, 0.717) is 67.5 Å². The SMILES string of the molecule is CCC[C@@H]1O[C@@H]2C[C@H]3[C@@H]4C[C@H](F)C5=CC(=O)C=C[C@]5(C)[C@@]4(F)[C@@H](O)C[C@]3(C)[C@]2(C(=O)COc2ccc(CNC(=O)OCc3ccc(NC(=O)[C@H](CCCNC(N)=O)NC(=O)[C@@H](NC(=O)CCOCCOCCOCCOCCNC(=O)CCC(=O)N4Cc5ccccc5C#Cc5ccccc54)C(C)C)cc3)cc2)O1. The van der Waals surface area contributed by atoms with Crippen molar-refractivity contribution >= 4 is 64.6 Å². The monoisotopic (exact) mass is 1510 g/mol. The Balaban J connectivity index is 0.586. The fourth-order valence-corrected chi connectivity index (χ4v) is 15.8. The summed E-state index contributed by atoms with van der Waals surface area (Å²) in [7, 11) is 0. The first-order chi connectivity index (χ1) is 52.4. The molecule has 4 aromatic carbocycles. The number of hydrogen-bond acceptors (Lipinski definition) is 18. The van der Waals surface area contributed by atoms with Crippen LogP contribution in [0.5, 0.6) is 5.75 Å². The third kappa shape index (κ3) is 19.8. The normalized spacial score (nSPS) is 24.6. The zero-order chi connectivity index (χ0) is 77.9. The molecule has 2 heterocycles. The number of amides is 8. The highest BCUT2D eigenvalue weighted by molar-refractivity contribution is 6.02. The van der Waals surface area contributed by atoms with Crippen LogP contribution in [0.1, 0.15) is 127 Å². The molecule has 4 aromatic rings. The van der Waals surface area contributed by atoms with Crippen molar-refractivity contribution in [3.8, 4) is 17.6 Å². The number of hydrogen-bond donors (Lipinski definition) is 8. The predicted molar refractivity (Wildman–Crippen MR) is 396 cm³/mol. The molecule has 0 radical (unpaired) electrons. The summed E-state index contributed by atoms with van der Waals surface area (Å²) in [6, 6.07) is 25.4. The Morgan fingerprint density at radius 1 is 0.743 bits per heavy atom. The fraction of sp³-hybridized carbons (Fsp3) is 0.519. The Kier molecular flexibility index (Phi) is 28.4. The van der Waals surface area contributed by atoms with Gasteiger partial charge in [-0.1, -0.05) is 107 Å². The number of ether oxygens (including phenoxy) is 8. The Labute approximate surface area is 633 Å². The molecule has 0 spiro atoms. The summed E-state index contributed by atoms with van der Waals surface area (Å²) in [5, 5.41) is 28.2. The number of alkyl carbamates (subject to hydrolysis) is 1. The van der Waals surface area contributed by atoms with E-state index in [2.05, 4.69) is 43.7 Å². The lowest BCUT2D eigenvalue weighted by atomic mass is 9.44. The smallest absolute Gasteiger partial charge is 0.407 e. The van der Waals surface area contributed by atoms with Gasteiger partial charge in [-0.2, -0.15) is 0 Å². The van der Waals surface area contributed by atoms with Crippen LogP contribution in [0.15, 0.2) is 121 Å². The number of alkyl halides is 2. The van der Waals surface area contributed by atoms with Crippen molar-refractivity contribution in [2.75, 3.05) is 82.8 Å². The molecule has 26 nitrogen and oxygen atoms in total. The van der Waals surface area contributed by atoms with E-state index in [4.69, 9.17) is 43.6 Å². The van der Waals surface area contributed by atoms with E-state index in [0.717, 1.165) is 22.8 Å². The number of anilines is 2. The number of carbonyl (C=O) groups excluding carboxylic acids is 9. The Hall–Kier alpha value is -9.47. The summed E-state index contributed by atoms with van der Waals surface area (Å²) in [6.07, 6.45) is -0.563. The molecule has 9 N–H and O–H groups in total. The maximum atomic E-state index is 18.0. The van der Waals surface area contributed by atoms with Crippen LogP contribution in [0.25, 0.3) is 0 Å². The Morgan fingerprint density at radius 2 is 1.41 bits per heavy atom. The van der Waals surface area contributed by atoms with Gasteiger partial charge >= 0.3 is 12.1 Å². The number of nitrogens with one attached hydrogen (secondary N) is 6. The van der Waals surface area contributed by atoms with E-state index in [1.807, 2.05) is 55.5 Å². The summed E-state index contributed by atoms with van der Waals surface area (Å²) in [5.41, 5.74) is 3.38. The maximum Gasteiger partial charge on any atom is 0.407 e. The second-order valence-electron chi connectivity index (χ2n) is 29.0. The number of halogens is 2. The summed E-state index contributed by atoms with van der Waals surface area (Å²) in [6.45, 7) is 10.9. The largest absolute Gasteiger partial charge is 0.486 e. The van der Waals surface area contributed by atoms with Gasteiger partial charge in [0.2, 0.25) is 35.3 Å². The fourth-order valence-electron chi connectivity index (χ4n) is 15.8. The van der Waals surface area contributed by atoms with E-state index < -0.39 is 119 Å². The van der Waals surface area contributed by atoms with Crippen LogP contribution in [0.2, 0.25) is 0 Å². The highest BCUT2D eigenvalue weighted by Crippen LogP contribution is 2.72. The second kappa shape index (κ2) is 37.8. The number of ketones is 2. The van der Waals surface area contributed by atoms with Crippen LogP contribution >= 0.6 is 0 Å². The highest BCUT2D eigenvalue weighted by Gasteiger charge is 2.80. The number of carbonyl (C=O) groups is 9. The first kappa shape index (κ1) is 82.0. The van der Waals surface area contributed by atoms with Crippen LogP contribution in [-0.2, 0) is 86.4 Å². The number of allylic oxidation sites excluding steroid dienone is 4. The minimum atomic E-state index is -2.34. The highest BCUT2D eigenvalue weighted by atomic mass is 19.1. The third-order valence-corrected chi connectivity index (χ3v) is 21.4. The van der Waals surface area contributed by atoms with Crippen LogP contribution in [0.3, 0.4) is 0 Å². The second-order valence-corrected chi connectivity index (χ2v) is 29.0. The molecule has 8 amide bonds. The standard InChI is InChI=1S/C81H100F2N8O18/c1-6-12-72-108-68-45-60-61-44-63(82)62-43-58(92)30-32-78(62,4)80(61,83)66(93)46-79(60,5)81(68,109-72)67(94)50-106-59-26-20-52(21-27-59)47-87-77(101)107-49-53-18-24-57(25-19-53)88-74(98)64(16-11-33-86-76(84)100)89-75(99)73(51(2)3)90-70(96)31-35-102-37-39-104-41-42-105-40-38-103-36-34-85-69(95)28-29-71(97)91-48-56-15-8-7-13-54(56)22-23-55-14-9-10-17-65(55)91/h7-10,13-15,17-21,24-27,30,32,43,51,60-61,63-64,66,68,72-73,93H,6,11-12,16,28-29,31,33-42,44-50H2,1-5H3,(H,85,95)(H,87,101)(H,88,98)(H,89,99)(H,90,96)(H3,84,86,100)/t60-,61-,63-,64-,66-,68+,72+,73-,78-,79-,80-,81+/m0/s1. The maximum absolute atomic E-state index is 18.0. The lowest BCUT2D eigenvalue weighted by molar-refractivity contribution is -0.234. The van der Waals surface area contributed by atoms with Gasteiger partial charge < -0.3 is 85.5 Å². The molecule has 586 valence electrons. The van der Waals surface area contributed by atoms with E-state index >= 15 is 8.78 Å². The van der Waals surface area contributed by atoms with Gasteiger partial charge in [-0.05, 0) is 134 Å². The van der Waals surface area contributed by atoms with Gasteiger partial charge in [0.1, 0.15) is 37.2 Å². The summed E-state index contributed by atoms with van der Waals surface area (Å²) in [5.74, 6) is 1.70. The molecule has 109 heavy (non-hydrogen) atoms. The van der Waals surface area contributed by atoms with Crippen molar-refractivity contribution in [3.05, 3.63) is 149 Å². The molecule has 4 aliphatic carbocycles. The third-order valence-electron chi connectivity index (χ3n) is 21.4. The number of benzene rings is 4. The first-order valence-corrected chi connectivity index (χ1v) is 37.4. The van der Waals surface area contributed by atoms with Gasteiger partial charge in [0, 0.05) is 72.5 Å². The Morgan fingerprint density at radius 3 is 2.12 bits per heavy atom. The Bertz CT molecular complexity index is 4040. The van der Waals surface area contributed by atoms with Crippen molar-refractivity contribution in [1.82, 2.24) is 26.6 Å². The summed E-state index contributed by atoms with van der Waals surface area (Å²) >= 11 is 0. The van der Waals surface area contributed by atoms with Crippen molar-refractivity contribution in [2.45, 2.75) is 167 Å². The predicted octanol–water partition coefficient (Wildman–Crippen LogP) is 7.58. The molecule has 12 atom stereocenters. The van der Waals surface area contributed by atoms with Gasteiger partial charge in [-0.15, -0.1) is 0 Å². The number of nitrogens with two attached hydrogens (primary N) is 1. The van der Waals surface area contributed by atoms with Crippen molar-refractivity contribution in [3.63, 3.8) is 0 Å². The van der Waals surface area contributed by atoms with E-state index in [1.165, 1.54) is 19.1 Å². The minimum absolute atomic E-state index is 0.0105.